The van der Waals surface area contributed by atoms with Crippen LogP contribution in [0, 0.1) is 23.9 Å². The first-order chi connectivity index (χ1) is 7.24. The predicted octanol–water partition coefficient (Wildman–Crippen LogP) is 1.91. The van der Waals surface area contributed by atoms with Gasteiger partial charge in [-0.15, -0.1) is 0 Å². The number of nitriles is 1. The highest BCUT2D eigenvalue weighted by Crippen LogP contribution is 2.18. The molecule has 0 aromatic rings. The van der Waals surface area contributed by atoms with Crippen molar-refractivity contribution in [2.45, 2.75) is 32.7 Å². The monoisotopic (exact) mass is 227 g/mol. The van der Waals surface area contributed by atoms with Crippen LogP contribution in [-0.4, -0.2) is 22.0 Å². The minimum atomic E-state index is -2.72. The lowest BCUT2D eigenvalue weighted by molar-refractivity contribution is 0.106. The molecule has 0 aromatic carbocycles. The largest absolute Gasteiger partial charge is 0.574 e. The molecule has 0 aliphatic carbocycles. The molecule has 0 spiro atoms. The molecule has 0 atom stereocenters. The molecular formula is C10H17NO3Si. The molecule has 0 heterocycles. The fourth-order valence-electron chi connectivity index (χ4n) is 1.21. The van der Waals surface area contributed by atoms with Gasteiger partial charge in [-0.1, -0.05) is 6.42 Å². The van der Waals surface area contributed by atoms with Crippen molar-refractivity contribution in [3.05, 3.63) is 0 Å². The van der Waals surface area contributed by atoms with E-state index in [0.717, 1.165) is 0 Å². The van der Waals surface area contributed by atoms with Gasteiger partial charge in [-0.2, -0.15) is 5.26 Å². The van der Waals surface area contributed by atoms with Crippen molar-refractivity contribution in [3.8, 4) is 18.6 Å². The minimum absolute atomic E-state index is 0.461. The van der Waals surface area contributed by atoms with Crippen LogP contribution in [0.5, 0.6) is 0 Å². The Labute approximate surface area is 92.5 Å². The summed E-state index contributed by atoms with van der Waals surface area (Å²) in [5.74, 6) is 0. The maximum absolute atomic E-state index is 8.46. The highest BCUT2D eigenvalue weighted by molar-refractivity contribution is 6.61. The number of unbranched alkanes of at least 4 members (excludes halogenated alkanes) is 1. The Kier molecular flexibility index (Phi) is 7.75. The van der Waals surface area contributed by atoms with Crippen molar-refractivity contribution < 1.29 is 13.3 Å². The zero-order valence-corrected chi connectivity index (χ0v) is 10.3. The van der Waals surface area contributed by atoms with Crippen LogP contribution in [-0.2, 0) is 13.3 Å². The van der Waals surface area contributed by atoms with E-state index in [4.69, 9.17) is 25.0 Å². The molecule has 0 saturated carbocycles. The van der Waals surface area contributed by atoms with Crippen LogP contribution in [0.3, 0.4) is 0 Å². The van der Waals surface area contributed by atoms with E-state index < -0.39 is 8.80 Å². The van der Waals surface area contributed by atoms with Crippen molar-refractivity contribution in [1.29, 1.82) is 5.26 Å². The lowest BCUT2D eigenvalue weighted by atomic mass is 10.4. The van der Waals surface area contributed by atoms with Gasteiger partial charge in [0.15, 0.2) is 0 Å². The van der Waals surface area contributed by atoms with Crippen LogP contribution in [0.2, 0.25) is 6.04 Å². The van der Waals surface area contributed by atoms with E-state index in [-0.39, 0.29) is 0 Å². The van der Waals surface area contributed by atoms with Gasteiger partial charge < -0.3 is 13.3 Å². The maximum atomic E-state index is 8.46. The fourth-order valence-corrected chi connectivity index (χ4v) is 3.47. The molecule has 0 N–H and O–H groups in total. The molecule has 0 amide bonds. The van der Waals surface area contributed by atoms with Gasteiger partial charge in [-0.3, -0.25) is 0 Å². The van der Waals surface area contributed by atoms with Crippen molar-refractivity contribution >= 4 is 8.80 Å². The summed E-state index contributed by atoms with van der Waals surface area (Å²) in [6, 6.07) is 2.66. The molecule has 15 heavy (non-hydrogen) atoms. The second kappa shape index (κ2) is 8.31. The van der Waals surface area contributed by atoms with Gasteiger partial charge in [0, 0.05) is 25.7 Å². The van der Waals surface area contributed by atoms with E-state index in [1.54, 1.807) is 0 Å². The molecule has 4 nitrogen and oxygen atoms in total. The van der Waals surface area contributed by atoms with Crippen LogP contribution >= 0.6 is 0 Å². The Morgan fingerprint density at radius 1 is 1.27 bits per heavy atom. The van der Waals surface area contributed by atoms with Crippen LogP contribution in [0.15, 0.2) is 0 Å². The zero-order valence-electron chi connectivity index (χ0n) is 9.28. The zero-order chi connectivity index (χ0) is 11.6. The third kappa shape index (κ3) is 5.43. The quantitative estimate of drug-likeness (QED) is 0.361. The highest BCUT2D eigenvalue weighted by atomic mass is 28.4. The van der Waals surface area contributed by atoms with E-state index in [1.807, 2.05) is 13.8 Å². The van der Waals surface area contributed by atoms with Crippen LogP contribution in [0.1, 0.15) is 26.7 Å². The Bertz CT molecular complexity index is 238. The lowest BCUT2D eigenvalue weighted by Crippen LogP contribution is -2.44. The smallest absolute Gasteiger partial charge is 0.451 e. The molecule has 0 radical (unpaired) electrons. The molecule has 0 unspecified atom stereocenters. The first-order valence-electron chi connectivity index (χ1n) is 5.03. The molecule has 0 aliphatic heterocycles. The van der Waals surface area contributed by atoms with Gasteiger partial charge in [-0.05, 0) is 20.3 Å². The van der Waals surface area contributed by atoms with E-state index in [1.165, 1.54) is 0 Å². The van der Waals surface area contributed by atoms with E-state index in [2.05, 4.69) is 12.2 Å². The van der Waals surface area contributed by atoms with E-state index in [0.29, 0.717) is 32.1 Å². The highest BCUT2D eigenvalue weighted by Gasteiger charge is 2.42. The SMILES string of the molecule is C#CO[Si](CCCC#N)(OCC)OCC. The van der Waals surface area contributed by atoms with Crippen molar-refractivity contribution in [2.24, 2.45) is 0 Å². The third-order valence-corrected chi connectivity index (χ3v) is 4.57. The predicted molar refractivity (Wildman–Crippen MR) is 58.6 cm³/mol. The van der Waals surface area contributed by atoms with Crippen molar-refractivity contribution in [3.63, 3.8) is 0 Å². The lowest BCUT2D eigenvalue weighted by Gasteiger charge is -2.25. The number of nitrogens with zero attached hydrogens (tertiary/aromatic N) is 1. The van der Waals surface area contributed by atoms with Gasteiger partial charge in [0.25, 0.3) is 0 Å². The van der Waals surface area contributed by atoms with E-state index >= 15 is 0 Å². The third-order valence-electron chi connectivity index (χ3n) is 1.71. The summed E-state index contributed by atoms with van der Waals surface area (Å²) in [7, 11) is -2.72. The number of hydrogen-bond donors (Lipinski definition) is 0. The summed E-state index contributed by atoms with van der Waals surface area (Å²) < 4.78 is 16.2. The molecule has 0 rings (SSSR count). The van der Waals surface area contributed by atoms with Gasteiger partial charge in [0.05, 0.1) is 12.2 Å². The van der Waals surface area contributed by atoms with Crippen LogP contribution in [0.25, 0.3) is 0 Å². The second-order valence-electron chi connectivity index (χ2n) is 2.78. The molecule has 0 aromatic heterocycles. The maximum Gasteiger partial charge on any atom is 0.574 e. The van der Waals surface area contributed by atoms with Crippen LogP contribution < -0.4 is 0 Å². The summed E-state index contributed by atoms with van der Waals surface area (Å²) in [6.07, 6.45) is 8.40. The summed E-state index contributed by atoms with van der Waals surface area (Å²) in [5, 5.41) is 8.46. The molecule has 0 aliphatic rings. The molecular weight excluding hydrogens is 210 g/mol. The molecule has 0 saturated heterocycles. The Morgan fingerprint density at radius 2 is 1.87 bits per heavy atom. The second-order valence-corrected chi connectivity index (χ2v) is 5.43. The topological polar surface area (TPSA) is 51.5 Å². The van der Waals surface area contributed by atoms with Crippen molar-refractivity contribution in [2.75, 3.05) is 13.2 Å². The fraction of sp³-hybridized carbons (Fsp3) is 0.700. The Morgan fingerprint density at radius 3 is 2.27 bits per heavy atom. The number of rotatable bonds is 8. The molecule has 84 valence electrons. The first-order valence-corrected chi connectivity index (χ1v) is 6.96. The number of hydrogen-bond acceptors (Lipinski definition) is 4. The summed E-state index contributed by atoms with van der Waals surface area (Å²) in [4.78, 5) is 0. The van der Waals surface area contributed by atoms with Crippen molar-refractivity contribution in [1.82, 2.24) is 0 Å². The number of terminal acetylenes is 1. The first kappa shape index (κ1) is 14.0. The minimum Gasteiger partial charge on any atom is -0.451 e. The van der Waals surface area contributed by atoms with Gasteiger partial charge in [-0.25, -0.2) is 0 Å². The molecule has 5 heteroatoms. The average Bonchev–Trinajstić information content (AvgIpc) is 2.19. The summed E-state index contributed by atoms with van der Waals surface area (Å²) in [6.45, 7) is 4.73. The molecule has 0 bridgehead atoms. The summed E-state index contributed by atoms with van der Waals surface area (Å²) >= 11 is 0. The van der Waals surface area contributed by atoms with Gasteiger partial charge >= 0.3 is 8.80 Å². The standard InChI is InChI=1S/C10H17NO3Si/c1-4-12-15(13-5-2,14-6-3)10-8-7-9-11/h1H,5-8,10H2,2-3H3. The molecule has 0 fully saturated rings. The van der Waals surface area contributed by atoms with E-state index in [9.17, 15) is 0 Å². The normalized spacial score (nSPS) is 10.4. The van der Waals surface area contributed by atoms with Gasteiger partial charge in [0.1, 0.15) is 0 Å². The Balaban J connectivity index is 4.34. The van der Waals surface area contributed by atoms with Crippen LogP contribution in [0.4, 0.5) is 0 Å². The Hall–Kier alpha value is -1.01. The van der Waals surface area contributed by atoms with Gasteiger partial charge in [0.2, 0.25) is 0 Å². The summed E-state index contributed by atoms with van der Waals surface area (Å²) in [5.41, 5.74) is 0. The average molecular weight is 227 g/mol.